The molecule has 0 amide bonds. The van der Waals surface area contributed by atoms with Crippen molar-refractivity contribution in [3.8, 4) is 6.07 Å². The van der Waals surface area contributed by atoms with Gasteiger partial charge in [0.15, 0.2) is 0 Å². The SMILES string of the molecule is [CH2]COn1ccc2ccc(C#N)cc21. The summed E-state index contributed by atoms with van der Waals surface area (Å²) in [6.45, 7) is 3.96. The Kier molecular flexibility index (Phi) is 2.11. The topological polar surface area (TPSA) is 38.0 Å². The molecule has 2 aromatic rings. The van der Waals surface area contributed by atoms with Crippen LogP contribution in [0.4, 0.5) is 0 Å². The number of hydrogen-bond acceptors (Lipinski definition) is 2. The van der Waals surface area contributed by atoms with Crippen LogP contribution in [0.1, 0.15) is 5.56 Å². The Morgan fingerprint density at radius 2 is 2.29 bits per heavy atom. The van der Waals surface area contributed by atoms with E-state index >= 15 is 0 Å². The summed E-state index contributed by atoms with van der Waals surface area (Å²) in [4.78, 5) is 5.25. The third-order valence-electron chi connectivity index (χ3n) is 2.02. The summed E-state index contributed by atoms with van der Waals surface area (Å²) in [5.74, 6) is 0. The first-order valence-corrected chi connectivity index (χ1v) is 4.29. The molecular formula is C11H9N2O. The summed E-state index contributed by atoms with van der Waals surface area (Å²) in [5.41, 5.74) is 1.53. The molecular weight excluding hydrogens is 176 g/mol. The van der Waals surface area contributed by atoms with Gasteiger partial charge in [-0.25, -0.2) is 0 Å². The lowest BCUT2D eigenvalue weighted by Crippen LogP contribution is -2.08. The number of aromatic nitrogens is 1. The predicted octanol–water partition coefficient (Wildman–Crippen LogP) is 1.78. The van der Waals surface area contributed by atoms with Crippen LogP contribution in [0.15, 0.2) is 30.5 Å². The molecule has 0 N–H and O–H groups in total. The molecule has 0 fully saturated rings. The zero-order valence-corrected chi connectivity index (χ0v) is 7.60. The van der Waals surface area contributed by atoms with Gasteiger partial charge in [-0.05, 0) is 25.1 Å². The van der Waals surface area contributed by atoms with E-state index in [1.165, 1.54) is 0 Å². The summed E-state index contributed by atoms with van der Waals surface area (Å²) in [6.07, 6.45) is 1.82. The summed E-state index contributed by atoms with van der Waals surface area (Å²) < 4.78 is 1.63. The molecule has 0 saturated carbocycles. The molecule has 3 heteroatoms. The largest absolute Gasteiger partial charge is 0.414 e. The second-order valence-corrected chi connectivity index (χ2v) is 2.86. The van der Waals surface area contributed by atoms with Gasteiger partial charge in [-0.3, -0.25) is 0 Å². The number of nitriles is 1. The van der Waals surface area contributed by atoms with Crippen molar-refractivity contribution in [3.05, 3.63) is 42.9 Å². The average Bonchev–Trinajstić information content (AvgIpc) is 2.61. The number of nitrogens with zero attached hydrogens (tertiary/aromatic N) is 2. The molecule has 0 aliphatic carbocycles. The minimum Gasteiger partial charge on any atom is -0.414 e. The molecule has 0 atom stereocenters. The molecule has 0 unspecified atom stereocenters. The van der Waals surface area contributed by atoms with Crippen molar-refractivity contribution in [2.24, 2.45) is 0 Å². The van der Waals surface area contributed by atoms with Crippen molar-refractivity contribution in [3.63, 3.8) is 0 Å². The maximum absolute atomic E-state index is 8.74. The van der Waals surface area contributed by atoms with Crippen LogP contribution in [-0.4, -0.2) is 11.3 Å². The molecule has 1 heterocycles. The van der Waals surface area contributed by atoms with E-state index in [0.29, 0.717) is 12.2 Å². The monoisotopic (exact) mass is 185 g/mol. The highest BCUT2D eigenvalue weighted by atomic mass is 16.7. The van der Waals surface area contributed by atoms with Crippen LogP contribution in [0.25, 0.3) is 10.9 Å². The first-order chi connectivity index (χ1) is 6.85. The highest BCUT2D eigenvalue weighted by molar-refractivity contribution is 5.81. The molecule has 1 aromatic heterocycles. The first-order valence-electron chi connectivity index (χ1n) is 4.29. The predicted molar refractivity (Wildman–Crippen MR) is 53.5 cm³/mol. The van der Waals surface area contributed by atoms with Crippen LogP contribution in [0.3, 0.4) is 0 Å². The average molecular weight is 185 g/mol. The minimum atomic E-state index is 0.362. The second-order valence-electron chi connectivity index (χ2n) is 2.86. The van der Waals surface area contributed by atoms with E-state index in [-0.39, 0.29) is 0 Å². The van der Waals surface area contributed by atoms with Crippen molar-refractivity contribution in [1.82, 2.24) is 4.73 Å². The van der Waals surface area contributed by atoms with Gasteiger partial charge in [-0.1, -0.05) is 6.07 Å². The van der Waals surface area contributed by atoms with Crippen molar-refractivity contribution >= 4 is 10.9 Å². The summed E-state index contributed by atoms with van der Waals surface area (Å²) >= 11 is 0. The van der Waals surface area contributed by atoms with Crippen LogP contribution in [-0.2, 0) is 0 Å². The van der Waals surface area contributed by atoms with E-state index in [4.69, 9.17) is 10.1 Å². The van der Waals surface area contributed by atoms with Crippen LogP contribution >= 0.6 is 0 Å². The molecule has 1 radical (unpaired) electrons. The number of fused-ring (bicyclic) bond motifs is 1. The molecule has 0 aliphatic heterocycles. The molecule has 69 valence electrons. The molecule has 0 aliphatic rings. The van der Waals surface area contributed by atoms with Gasteiger partial charge in [0.25, 0.3) is 0 Å². The fraction of sp³-hybridized carbons (Fsp3) is 0.0909. The molecule has 1 aromatic carbocycles. The maximum Gasteiger partial charge on any atom is 0.115 e. The Balaban J connectivity index is 2.59. The fourth-order valence-electron chi connectivity index (χ4n) is 1.38. The number of rotatable bonds is 2. The zero-order valence-electron chi connectivity index (χ0n) is 7.60. The van der Waals surface area contributed by atoms with Gasteiger partial charge in [0.05, 0.1) is 17.1 Å². The highest BCUT2D eigenvalue weighted by Gasteiger charge is 2.01. The van der Waals surface area contributed by atoms with E-state index in [2.05, 4.69) is 13.0 Å². The third-order valence-corrected chi connectivity index (χ3v) is 2.02. The summed E-state index contributed by atoms with van der Waals surface area (Å²) in [6, 6.07) is 9.52. The maximum atomic E-state index is 8.74. The van der Waals surface area contributed by atoms with Gasteiger partial charge < -0.3 is 4.84 Å². The van der Waals surface area contributed by atoms with Gasteiger partial charge in [-0.2, -0.15) is 9.99 Å². The molecule has 14 heavy (non-hydrogen) atoms. The van der Waals surface area contributed by atoms with Crippen molar-refractivity contribution in [1.29, 1.82) is 5.26 Å². The Morgan fingerprint density at radius 3 is 3.00 bits per heavy atom. The highest BCUT2D eigenvalue weighted by Crippen LogP contribution is 2.16. The van der Waals surface area contributed by atoms with Crippen molar-refractivity contribution in [2.45, 2.75) is 0 Å². The summed E-state index contributed by atoms with van der Waals surface area (Å²) in [7, 11) is 0. The fourth-order valence-corrected chi connectivity index (χ4v) is 1.38. The van der Waals surface area contributed by atoms with E-state index in [1.54, 1.807) is 16.9 Å². The van der Waals surface area contributed by atoms with E-state index < -0.39 is 0 Å². The van der Waals surface area contributed by atoms with E-state index in [9.17, 15) is 0 Å². The Bertz CT molecular complexity index is 493. The Labute approximate surface area is 82.1 Å². The lowest BCUT2D eigenvalue weighted by atomic mass is 10.2. The smallest absolute Gasteiger partial charge is 0.115 e. The first kappa shape index (κ1) is 8.64. The minimum absolute atomic E-state index is 0.362. The second kappa shape index (κ2) is 3.43. The van der Waals surface area contributed by atoms with E-state index in [1.807, 2.05) is 18.3 Å². The lowest BCUT2D eigenvalue weighted by molar-refractivity contribution is 0.145. The molecule has 3 nitrogen and oxygen atoms in total. The molecule has 0 spiro atoms. The van der Waals surface area contributed by atoms with Gasteiger partial charge in [0.2, 0.25) is 0 Å². The summed E-state index contributed by atoms with van der Waals surface area (Å²) in [5, 5.41) is 9.80. The number of hydrogen-bond donors (Lipinski definition) is 0. The lowest BCUT2D eigenvalue weighted by Gasteiger charge is -2.04. The van der Waals surface area contributed by atoms with Gasteiger partial charge >= 0.3 is 0 Å². The standard InChI is InChI=1S/C11H9N2O/c1-2-14-13-6-5-10-4-3-9(8-12)7-11(10)13/h3-7H,1-2H2. The van der Waals surface area contributed by atoms with Crippen LogP contribution in [0.2, 0.25) is 0 Å². The molecule has 2 rings (SSSR count). The molecule has 0 saturated heterocycles. The van der Waals surface area contributed by atoms with Gasteiger partial charge in [0, 0.05) is 11.6 Å². The number of benzene rings is 1. The van der Waals surface area contributed by atoms with Crippen LogP contribution in [0.5, 0.6) is 0 Å². The third kappa shape index (κ3) is 1.31. The quantitative estimate of drug-likeness (QED) is 0.715. The van der Waals surface area contributed by atoms with Crippen molar-refractivity contribution < 1.29 is 4.84 Å². The van der Waals surface area contributed by atoms with Crippen molar-refractivity contribution in [2.75, 3.05) is 6.61 Å². The normalized spacial score (nSPS) is 10.0. The zero-order chi connectivity index (χ0) is 9.97. The van der Waals surface area contributed by atoms with Gasteiger partial charge in [-0.15, -0.1) is 0 Å². The Hall–Kier alpha value is -1.95. The van der Waals surface area contributed by atoms with Crippen LogP contribution in [0, 0.1) is 18.3 Å². The van der Waals surface area contributed by atoms with Gasteiger partial charge in [0.1, 0.15) is 6.61 Å². The van der Waals surface area contributed by atoms with Crippen LogP contribution < -0.4 is 4.84 Å². The molecule has 0 bridgehead atoms. The van der Waals surface area contributed by atoms with E-state index in [0.717, 1.165) is 10.9 Å². The Morgan fingerprint density at radius 1 is 1.43 bits per heavy atom.